The van der Waals surface area contributed by atoms with Crippen molar-refractivity contribution in [3.05, 3.63) is 21.9 Å². The van der Waals surface area contributed by atoms with Crippen molar-refractivity contribution in [1.82, 2.24) is 10.2 Å². The Morgan fingerprint density at radius 1 is 1.71 bits per heavy atom. The number of nitrogens with two attached hydrogens (primary N) is 1. The fourth-order valence-corrected chi connectivity index (χ4v) is 3.04. The lowest BCUT2D eigenvalue weighted by molar-refractivity contribution is 0.100. The van der Waals surface area contributed by atoms with Gasteiger partial charge in [0.1, 0.15) is 0 Å². The van der Waals surface area contributed by atoms with E-state index in [2.05, 4.69) is 17.3 Å². The third-order valence-corrected chi connectivity index (χ3v) is 4.23. The van der Waals surface area contributed by atoms with Gasteiger partial charge in [-0.3, -0.25) is 4.79 Å². The minimum Gasteiger partial charge on any atom is -0.366 e. The number of nitrogens with one attached hydrogen (secondary N) is 1. The van der Waals surface area contributed by atoms with Crippen molar-refractivity contribution in [1.29, 1.82) is 0 Å². The van der Waals surface area contributed by atoms with Crippen molar-refractivity contribution < 1.29 is 4.79 Å². The third kappa shape index (κ3) is 3.28. The van der Waals surface area contributed by atoms with Crippen LogP contribution in [0.2, 0.25) is 0 Å². The molecule has 17 heavy (non-hydrogen) atoms. The first-order valence-electron chi connectivity index (χ1n) is 5.95. The van der Waals surface area contributed by atoms with Crippen molar-refractivity contribution in [3.63, 3.8) is 0 Å². The van der Waals surface area contributed by atoms with Crippen LogP contribution in [0.4, 0.5) is 0 Å². The molecule has 0 aliphatic carbocycles. The monoisotopic (exact) mass is 253 g/mol. The van der Waals surface area contributed by atoms with E-state index in [0.717, 1.165) is 13.1 Å². The van der Waals surface area contributed by atoms with Gasteiger partial charge in [-0.1, -0.05) is 0 Å². The zero-order valence-corrected chi connectivity index (χ0v) is 10.9. The normalized spacial score (nSPS) is 20.9. The van der Waals surface area contributed by atoms with Crippen LogP contribution in [0.25, 0.3) is 0 Å². The molecule has 5 heteroatoms. The fourth-order valence-electron chi connectivity index (χ4n) is 2.20. The number of nitrogens with zero attached hydrogens (tertiary/aromatic N) is 1. The molecule has 1 atom stereocenters. The average Bonchev–Trinajstić information content (AvgIpc) is 2.89. The van der Waals surface area contributed by atoms with Gasteiger partial charge in [0.2, 0.25) is 5.91 Å². The van der Waals surface area contributed by atoms with Gasteiger partial charge in [0.05, 0.1) is 5.56 Å². The van der Waals surface area contributed by atoms with Crippen molar-refractivity contribution in [3.8, 4) is 0 Å². The highest BCUT2D eigenvalue weighted by Gasteiger charge is 2.19. The summed E-state index contributed by atoms with van der Waals surface area (Å²) in [6.45, 7) is 3.04. The molecule has 1 fully saturated rings. The highest BCUT2D eigenvalue weighted by molar-refractivity contribution is 7.10. The number of primary amides is 1. The lowest BCUT2D eigenvalue weighted by Gasteiger charge is -2.19. The number of amides is 1. The van der Waals surface area contributed by atoms with Gasteiger partial charge in [-0.25, -0.2) is 0 Å². The molecule has 1 aromatic heterocycles. The summed E-state index contributed by atoms with van der Waals surface area (Å²) >= 11 is 1.58. The predicted octanol–water partition coefficient (Wildman–Crippen LogP) is 1.03. The first kappa shape index (κ1) is 12.5. The zero-order valence-electron chi connectivity index (χ0n) is 10.1. The van der Waals surface area contributed by atoms with E-state index in [1.54, 1.807) is 11.3 Å². The second kappa shape index (κ2) is 5.62. The number of rotatable bonds is 5. The molecule has 1 aromatic rings. The van der Waals surface area contributed by atoms with Crippen molar-refractivity contribution in [2.45, 2.75) is 25.4 Å². The number of carbonyl (C=O) groups is 1. The largest absolute Gasteiger partial charge is 0.366 e. The van der Waals surface area contributed by atoms with Crippen LogP contribution in [0.3, 0.4) is 0 Å². The minimum absolute atomic E-state index is 0.344. The number of hydrogen-bond acceptors (Lipinski definition) is 4. The minimum atomic E-state index is -0.344. The average molecular weight is 253 g/mol. The third-order valence-electron chi connectivity index (χ3n) is 3.29. The summed E-state index contributed by atoms with van der Waals surface area (Å²) < 4.78 is 0. The van der Waals surface area contributed by atoms with Crippen LogP contribution in [0.1, 0.15) is 28.1 Å². The van der Waals surface area contributed by atoms with E-state index in [4.69, 9.17) is 5.73 Å². The Bertz CT molecular complexity index is 391. The van der Waals surface area contributed by atoms with Crippen molar-refractivity contribution in [2.24, 2.45) is 5.73 Å². The van der Waals surface area contributed by atoms with Gasteiger partial charge < -0.3 is 16.0 Å². The summed E-state index contributed by atoms with van der Waals surface area (Å²) in [7, 11) is 2.18. The summed E-state index contributed by atoms with van der Waals surface area (Å²) in [5.41, 5.74) is 5.83. The maximum absolute atomic E-state index is 10.9. The second-order valence-corrected chi connectivity index (χ2v) is 5.57. The Hall–Kier alpha value is -0.910. The molecule has 4 nitrogen and oxygen atoms in total. The molecule has 2 heterocycles. The molecule has 0 spiro atoms. The highest BCUT2D eigenvalue weighted by Crippen LogP contribution is 2.16. The van der Waals surface area contributed by atoms with Crippen LogP contribution in [-0.2, 0) is 6.54 Å². The predicted molar refractivity (Wildman–Crippen MR) is 70.2 cm³/mol. The summed E-state index contributed by atoms with van der Waals surface area (Å²) in [4.78, 5) is 14.5. The molecule has 0 bridgehead atoms. The van der Waals surface area contributed by atoms with Crippen LogP contribution in [0.5, 0.6) is 0 Å². The van der Waals surface area contributed by atoms with E-state index in [1.807, 2.05) is 11.4 Å². The van der Waals surface area contributed by atoms with Crippen LogP contribution in [-0.4, -0.2) is 37.0 Å². The number of carbonyl (C=O) groups excluding carboxylic acids is 1. The van der Waals surface area contributed by atoms with E-state index in [-0.39, 0.29) is 5.91 Å². The molecule has 1 unspecified atom stereocenters. The number of hydrogen-bond donors (Lipinski definition) is 2. The SMILES string of the molecule is CN1CCCC1CNCc1cc(C(N)=O)cs1. The number of thiophene rings is 1. The van der Waals surface area contributed by atoms with Crippen molar-refractivity contribution >= 4 is 17.2 Å². The molecule has 1 aliphatic rings. The second-order valence-electron chi connectivity index (χ2n) is 4.57. The van der Waals surface area contributed by atoms with Gasteiger partial charge in [-0.15, -0.1) is 11.3 Å². The van der Waals surface area contributed by atoms with Gasteiger partial charge in [0.15, 0.2) is 0 Å². The topological polar surface area (TPSA) is 58.4 Å². The van der Waals surface area contributed by atoms with Crippen LogP contribution in [0.15, 0.2) is 11.4 Å². The Morgan fingerprint density at radius 3 is 3.12 bits per heavy atom. The first-order valence-corrected chi connectivity index (χ1v) is 6.83. The van der Waals surface area contributed by atoms with E-state index >= 15 is 0 Å². The van der Waals surface area contributed by atoms with E-state index < -0.39 is 0 Å². The molecule has 1 saturated heterocycles. The number of likely N-dealkylation sites (N-methyl/N-ethyl adjacent to an activating group) is 1. The summed E-state index contributed by atoms with van der Waals surface area (Å²) in [6.07, 6.45) is 2.58. The molecule has 1 amide bonds. The maximum Gasteiger partial charge on any atom is 0.249 e. The maximum atomic E-state index is 10.9. The molecule has 3 N–H and O–H groups in total. The smallest absolute Gasteiger partial charge is 0.249 e. The van der Waals surface area contributed by atoms with E-state index in [0.29, 0.717) is 11.6 Å². The van der Waals surface area contributed by atoms with Gasteiger partial charge in [-0.2, -0.15) is 0 Å². The summed E-state index contributed by atoms with van der Waals surface area (Å²) in [5, 5.41) is 5.26. The molecule has 0 aromatic carbocycles. The molecule has 94 valence electrons. The Kier molecular flexibility index (Phi) is 4.15. The van der Waals surface area contributed by atoms with E-state index in [1.165, 1.54) is 24.3 Å². The molecular formula is C12H19N3OS. The Labute approximate surface area is 106 Å². The molecule has 2 rings (SSSR count). The molecular weight excluding hydrogens is 234 g/mol. The summed E-state index contributed by atoms with van der Waals surface area (Å²) in [5.74, 6) is -0.344. The molecule has 0 radical (unpaired) electrons. The fraction of sp³-hybridized carbons (Fsp3) is 0.583. The lowest BCUT2D eigenvalue weighted by atomic mass is 10.2. The van der Waals surface area contributed by atoms with Gasteiger partial charge in [-0.05, 0) is 32.5 Å². The zero-order chi connectivity index (χ0) is 12.3. The van der Waals surface area contributed by atoms with Crippen LogP contribution in [0, 0.1) is 0 Å². The van der Waals surface area contributed by atoms with Gasteiger partial charge >= 0.3 is 0 Å². The van der Waals surface area contributed by atoms with Crippen LogP contribution >= 0.6 is 11.3 Å². The van der Waals surface area contributed by atoms with Crippen LogP contribution < -0.4 is 11.1 Å². The standard InChI is InChI=1S/C12H19N3OS/c1-15-4-2-3-10(15)6-14-7-11-5-9(8-17-11)12(13)16/h5,8,10,14H,2-4,6-7H2,1H3,(H2,13,16). The Balaban J connectivity index is 1.76. The molecule has 1 aliphatic heterocycles. The quantitative estimate of drug-likeness (QED) is 0.824. The van der Waals surface area contributed by atoms with Crippen molar-refractivity contribution in [2.75, 3.05) is 20.1 Å². The molecule has 0 saturated carbocycles. The Morgan fingerprint density at radius 2 is 2.53 bits per heavy atom. The van der Waals surface area contributed by atoms with E-state index in [9.17, 15) is 4.79 Å². The highest BCUT2D eigenvalue weighted by atomic mass is 32.1. The summed E-state index contributed by atoms with van der Waals surface area (Å²) in [6, 6.07) is 2.53. The van der Waals surface area contributed by atoms with Gasteiger partial charge in [0, 0.05) is 29.4 Å². The lowest BCUT2D eigenvalue weighted by Crippen LogP contribution is -2.35. The number of likely N-dealkylation sites (tertiary alicyclic amines) is 1. The first-order chi connectivity index (χ1) is 8.16. The van der Waals surface area contributed by atoms with Gasteiger partial charge in [0.25, 0.3) is 0 Å².